The Bertz CT molecular complexity index is 521. The van der Waals surface area contributed by atoms with Crippen molar-refractivity contribution in [1.29, 1.82) is 0 Å². The van der Waals surface area contributed by atoms with Crippen molar-refractivity contribution < 1.29 is 10.3 Å². The lowest BCUT2D eigenvalue weighted by Crippen LogP contribution is -1.90. The minimum atomic E-state index is 0.111. The summed E-state index contributed by atoms with van der Waals surface area (Å²) in [7, 11) is 0. The topological polar surface area (TPSA) is 52.8 Å². The molecule has 0 amide bonds. The molecule has 0 heterocycles. The highest BCUT2D eigenvalue weighted by molar-refractivity contribution is 5.83. The molecule has 0 fully saturated rings. The molecule has 86 valence electrons. The average Bonchev–Trinajstić information content (AvgIpc) is 2.35. The maximum atomic E-state index is 9.53. The molecule has 2 rings (SSSR count). The molecular formula is C14H13NO2. The Morgan fingerprint density at radius 2 is 1.76 bits per heavy atom. The Hall–Kier alpha value is -2.29. The first-order valence-corrected chi connectivity index (χ1v) is 5.33. The van der Waals surface area contributed by atoms with E-state index in [2.05, 4.69) is 5.16 Å². The van der Waals surface area contributed by atoms with Crippen molar-refractivity contribution in [3.63, 3.8) is 0 Å². The number of oxime groups is 1. The summed E-state index contributed by atoms with van der Waals surface area (Å²) in [4.78, 5) is 0. The Balaban J connectivity index is 2.25. The standard InChI is InChI=1S/C14H13NO2/c16-14-7-6-12(9-13(14)10-15-17)8-11-4-2-1-3-5-11/h1-7,9-10,16-17H,8H2. The van der Waals surface area contributed by atoms with E-state index in [1.54, 1.807) is 6.07 Å². The first-order valence-electron chi connectivity index (χ1n) is 5.33. The molecule has 0 bridgehead atoms. The van der Waals surface area contributed by atoms with Crippen LogP contribution in [0.15, 0.2) is 53.7 Å². The van der Waals surface area contributed by atoms with Crippen LogP contribution >= 0.6 is 0 Å². The number of nitrogens with zero attached hydrogens (tertiary/aromatic N) is 1. The second kappa shape index (κ2) is 5.16. The van der Waals surface area contributed by atoms with Gasteiger partial charge in [0.15, 0.2) is 0 Å². The van der Waals surface area contributed by atoms with Crippen LogP contribution in [0.4, 0.5) is 0 Å². The van der Waals surface area contributed by atoms with Crippen LogP contribution in [-0.2, 0) is 6.42 Å². The van der Waals surface area contributed by atoms with E-state index < -0.39 is 0 Å². The van der Waals surface area contributed by atoms with Crippen LogP contribution in [0.3, 0.4) is 0 Å². The van der Waals surface area contributed by atoms with Gasteiger partial charge in [0.25, 0.3) is 0 Å². The van der Waals surface area contributed by atoms with Gasteiger partial charge in [0.1, 0.15) is 5.75 Å². The summed E-state index contributed by atoms with van der Waals surface area (Å²) in [5, 5.41) is 20.9. The first kappa shape index (κ1) is 11.2. The van der Waals surface area contributed by atoms with Gasteiger partial charge in [0.2, 0.25) is 0 Å². The number of phenolic OH excluding ortho intramolecular Hbond substituents is 1. The van der Waals surface area contributed by atoms with Crippen molar-refractivity contribution in [3.8, 4) is 5.75 Å². The van der Waals surface area contributed by atoms with E-state index in [4.69, 9.17) is 5.21 Å². The van der Waals surface area contributed by atoms with Gasteiger partial charge in [-0.2, -0.15) is 0 Å². The summed E-state index contributed by atoms with van der Waals surface area (Å²) in [6.45, 7) is 0. The summed E-state index contributed by atoms with van der Waals surface area (Å²) < 4.78 is 0. The second-order valence-corrected chi connectivity index (χ2v) is 3.80. The van der Waals surface area contributed by atoms with E-state index in [0.29, 0.717) is 5.56 Å². The van der Waals surface area contributed by atoms with Crippen molar-refractivity contribution in [2.75, 3.05) is 0 Å². The van der Waals surface area contributed by atoms with Crippen LogP contribution in [0, 0.1) is 0 Å². The minimum absolute atomic E-state index is 0.111. The normalized spacial score (nSPS) is 10.8. The van der Waals surface area contributed by atoms with E-state index in [1.807, 2.05) is 42.5 Å². The van der Waals surface area contributed by atoms with Crippen LogP contribution in [0.2, 0.25) is 0 Å². The fraction of sp³-hybridized carbons (Fsp3) is 0.0714. The number of aromatic hydroxyl groups is 1. The van der Waals surface area contributed by atoms with Crippen LogP contribution < -0.4 is 0 Å². The van der Waals surface area contributed by atoms with Crippen molar-refractivity contribution >= 4 is 6.21 Å². The van der Waals surface area contributed by atoms with Crippen LogP contribution in [0.25, 0.3) is 0 Å². The molecule has 0 aliphatic heterocycles. The van der Waals surface area contributed by atoms with Crippen LogP contribution in [-0.4, -0.2) is 16.5 Å². The summed E-state index contributed by atoms with van der Waals surface area (Å²) in [5.74, 6) is 0.111. The SMILES string of the molecule is ON=Cc1cc(Cc2ccccc2)ccc1O. The van der Waals surface area contributed by atoms with E-state index in [-0.39, 0.29) is 5.75 Å². The number of phenols is 1. The van der Waals surface area contributed by atoms with Gasteiger partial charge in [-0.3, -0.25) is 0 Å². The van der Waals surface area contributed by atoms with Crippen molar-refractivity contribution in [2.24, 2.45) is 5.16 Å². The maximum absolute atomic E-state index is 9.53. The lowest BCUT2D eigenvalue weighted by molar-refractivity contribution is 0.321. The van der Waals surface area contributed by atoms with Gasteiger partial charge >= 0.3 is 0 Å². The monoisotopic (exact) mass is 227 g/mol. The molecule has 3 heteroatoms. The third-order valence-corrected chi connectivity index (χ3v) is 2.54. The van der Waals surface area contributed by atoms with E-state index in [9.17, 15) is 5.11 Å². The van der Waals surface area contributed by atoms with Gasteiger partial charge in [-0.15, -0.1) is 0 Å². The molecule has 2 aromatic carbocycles. The summed E-state index contributed by atoms with van der Waals surface area (Å²) >= 11 is 0. The van der Waals surface area contributed by atoms with Gasteiger partial charge in [0, 0.05) is 5.56 Å². The smallest absolute Gasteiger partial charge is 0.124 e. The lowest BCUT2D eigenvalue weighted by atomic mass is 10.0. The molecule has 0 aliphatic rings. The molecule has 3 nitrogen and oxygen atoms in total. The molecule has 17 heavy (non-hydrogen) atoms. The predicted octanol–water partition coefficient (Wildman–Crippen LogP) is 2.79. The molecule has 0 saturated carbocycles. The van der Waals surface area contributed by atoms with Crippen molar-refractivity contribution in [2.45, 2.75) is 6.42 Å². The van der Waals surface area contributed by atoms with E-state index >= 15 is 0 Å². The number of benzene rings is 2. The lowest BCUT2D eigenvalue weighted by Gasteiger charge is -2.04. The fourth-order valence-corrected chi connectivity index (χ4v) is 1.71. The Morgan fingerprint density at radius 3 is 2.47 bits per heavy atom. The Labute approximate surface area is 99.7 Å². The van der Waals surface area contributed by atoms with E-state index in [1.165, 1.54) is 11.8 Å². The molecule has 2 aromatic rings. The number of hydrogen-bond acceptors (Lipinski definition) is 3. The third-order valence-electron chi connectivity index (χ3n) is 2.54. The molecule has 2 N–H and O–H groups in total. The van der Waals surface area contributed by atoms with Gasteiger partial charge in [-0.05, 0) is 29.7 Å². The highest BCUT2D eigenvalue weighted by atomic mass is 16.4. The van der Waals surface area contributed by atoms with E-state index in [0.717, 1.165) is 12.0 Å². The number of hydrogen-bond donors (Lipinski definition) is 2. The molecule has 0 aromatic heterocycles. The Kier molecular flexibility index (Phi) is 3.40. The molecule has 0 aliphatic carbocycles. The van der Waals surface area contributed by atoms with Crippen LogP contribution in [0.5, 0.6) is 5.75 Å². The predicted molar refractivity (Wildman–Crippen MR) is 66.7 cm³/mol. The number of rotatable bonds is 3. The minimum Gasteiger partial charge on any atom is -0.507 e. The first-order chi connectivity index (χ1) is 8.29. The zero-order valence-corrected chi connectivity index (χ0v) is 9.24. The van der Waals surface area contributed by atoms with Gasteiger partial charge in [-0.1, -0.05) is 41.6 Å². The van der Waals surface area contributed by atoms with Crippen molar-refractivity contribution in [1.82, 2.24) is 0 Å². The van der Waals surface area contributed by atoms with Gasteiger partial charge in [0.05, 0.1) is 6.21 Å². The maximum Gasteiger partial charge on any atom is 0.124 e. The Morgan fingerprint density at radius 1 is 1.00 bits per heavy atom. The highest BCUT2D eigenvalue weighted by Crippen LogP contribution is 2.18. The molecule has 0 saturated heterocycles. The summed E-state index contributed by atoms with van der Waals surface area (Å²) in [5.41, 5.74) is 2.77. The molecular weight excluding hydrogens is 214 g/mol. The zero-order chi connectivity index (χ0) is 12.1. The highest BCUT2D eigenvalue weighted by Gasteiger charge is 2.01. The quantitative estimate of drug-likeness (QED) is 0.481. The van der Waals surface area contributed by atoms with Crippen molar-refractivity contribution in [3.05, 3.63) is 65.2 Å². The largest absolute Gasteiger partial charge is 0.507 e. The van der Waals surface area contributed by atoms with Crippen LogP contribution in [0.1, 0.15) is 16.7 Å². The van der Waals surface area contributed by atoms with Gasteiger partial charge < -0.3 is 10.3 Å². The molecule has 0 spiro atoms. The summed E-state index contributed by atoms with van der Waals surface area (Å²) in [6.07, 6.45) is 2.01. The third kappa shape index (κ3) is 2.84. The molecule has 0 unspecified atom stereocenters. The zero-order valence-electron chi connectivity index (χ0n) is 9.24. The molecule has 0 radical (unpaired) electrons. The van der Waals surface area contributed by atoms with Gasteiger partial charge in [-0.25, -0.2) is 0 Å². The average molecular weight is 227 g/mol. The second-order valence-electron chi connectivity index (χ2n) is 3.80. The fourth-order valence-electron chi connectivity index (χ4n) is 1.71. The summed E-state index contributed by atoms with van der Waals surface area (Å²) in [6, 6.07) is 15.3. The molecule has 0 atom stereocenters.